The summed E-state index contributed by atoms with van der Waals surface area (Å²) in [6, 6.07) is 69.0. The summed E-state index contributed by atoms with van der Waals surface area (Å²) in [7, 11) is 0. The van der Waals surface area contributed by atoms with Crippen molar-refractivity contribution < 1.29 is 4.42 Å². The van der Waals surface area contributed by atoms with E-state index in [-0.39, 0.29) is 0 Å². The van der Waals surface area contributed by atoms with Gasteiger partial charge in [0.05, 0.1) is 11.0 Å². The average molecular weight is 853 g/mol. The minimum atomic E-state index is 0.649. The summed E-state index contributed by atoms with van der Waals surface area (Å²) >= 11 is 3.60. The van der Waals surface area contributed by atoms with E-state index in [4.69, 9.17) is 19.4 Å². The Labute approximate surface area is 373 Å². The molecule has 9 aromatic carbocycles. The lowest BCUT2D eigenvalue weighted by Crippen LogP contribution is -2.00. The molecule has 14 aromatic rings. The third kappa shape index (κ3) is 5.45. The fourth-order valence-electron chi connectivity index (χ4n) is 9.68. The van der Waals surface area contributed by atoms with Crippen LogP contribution in [0.1, 0.15) is 0 Å². The number of nitrogens with zero attached hydrogens (tertiary/aromatic N) is 4. The molecule has 0 spiro atoms. The van der Waals surface area contributed by atoms with Gasteiger partial charge in [-0.2, -0.15) is 0 Å². The van der Waals surface area contributed by atoms with Gasteiger partial charge in [0.15, 0.2) is 17.5 Å². The van der Waals surface area contributed by atoms with E-state index in [0.717, 1.165) is 60.8 Å². The minimum absolute atomic E-state index is 0.649. The van der Waals surface area contributed by atoms with Crippen LogP contribution in [0.5, 0.6) is 0 Å². The Balaban J connectivity index is 0.894. The number of para-hydroxylation sites is 2. The molecule has 0 unspecified atom stereocenters. The predicted octanol–water partition coefficient (Wildman–Crippen LogP) is 16.3. The highest BCUT2D eigenvalue weighted by Crippen LogP contribution is 2.43. The van der Waals surface area contributed by atoms with Crippen molar-refractivity contribution >= 4 is 107 Å². The van der Waals surface area contributed by atoms with Crippen LogP contribution in [0.4, 0.5) is 0 Å². The van der Waals surface area contributed by atoms with Gasteiger partial charge in [0.2, 0.25) is 0 Å². The molecule has 0 fully saturated rings. The van der Waals surface area contributed by atoms with Crippen molar-refractivity contribution in [1.29, 1.82) is 0 Å². The van der Waals surface area contributed by atoms with Crippen LogP contribution in [0.2, 0.25) is 0 Å². The maximum atomic E-state index is 6.59. The van der Waals surface area contributed by atoms with Crippen molar-refractivity contribution in [3.8, 4) is 51.0 Å². The summed E-state index contributed by atoms with van der Waals surface area (Å²) in [5, 5.41) is 9.52. The lowest BCUT2D eigenvalue weighted by molar-refractivity contribution is 0.669. The molecule has 0 saturated carbocycles. The molecular weight excluding hydrogens is 821 g/mol. The fourth-order valence-corrected chi connectivity index (χ4v) is 11.9. The highest BCUT2D eigenvalue weighted by molar-refractivity contribution is 7.26. The van der Waals surface area contributed by atoms with Crippen LogP contribution in [-0.2, 0) is 0 Å². The molecule has 0 N–H and O–H groups in total. The first-order valence-corrected chi connectivity index (χ1v) is 23.0. The summed E-state index contributed by atoms with van der Waals surface area (Å²) < 4.78 is 13.8. The lowest BCUT2D eigenvalue weighted by Gasteiger charge is -2.10. The van der Waals surface area contributed by atoms with Gasteiger partial charge < -0.3 is 8.98 Å². The molecule has 0 atom stereocenters. The quantitative estimate of drug-likeness (QED) is 0.173. The zero-order valence-corrected chi connectivity index (χ0v) is 35.6. The van der Waals surface area contributed by atoms with E-state index < -0.39 is 0 Å². The van der Waals surface area contributed by atoms with Crippen LogP contribution in [0.3, 0.4) is 0 Å². The second-order valence-electron chi connectivity index (χ2n) is 16.3. The summed E-state index contributed by atoms with van der Waals surface area (Å²) in [6.07, 6.45) is 0. The van der Waals surface area contributed by atoms with Crippen molar-refractivity contribution in [3.05, 3.63) is 194 Å². The van der Waals surface area contributed by atoms with Gasteiger partial charge >= 0.3 is 0 Å². The van der Waals surface area contributed by atoms with Crippen molar-refractivity contribution in [2.45, 2.75) is 0 Å². The first-order chi connectivity index (χ1) is 31.7. The van der Waals surface area contributed by atoms with Crippen molar-refractivity contribution in [1.82, 2.24) is 19.5 Å². The van der Waals surface area contributed by atoms with E-state index in [9.17, 15) is 0 Å². The molecule has 298 valence electrons. The van der Waals surface area contributed by atoms with E-state index in [0.29, 0.717) is 17.5 Å². The van der Waals surface area contributed by atoms with Gasteiger partial charge in [0.1, 0.15) is 11.2 Å². The molecule has 0 radical (unpaired) electrons. The normalized spacial score (nSPS) is 12.1. The van der Waals surface area contributed by atoms with E-state index in [1.807, 2.05) is 18.2 Å². The molecule has 64 heavy (non-hydrogen) atoms. The molecule has 0 aliphatic carbocycles. The Morgan fingerprint density at radius 3 is 1.81 bits per heavy atom. The Morgan fingerprint density at radius 1 is 0.344 bits per heavy atom. The van der Waals surface area contributed by atoms with Crippen LogP contribution in [0.25, 0.3) is 135 Å². The van der Waals surface area contributed by atoms with Gasteiger partial charge in [-0.05, 0) is 83.9 Å². The lowest BCUT2D eigenvalue weighted by atomic mass is 9.99. The standard InChI is InChI=1S/C57H32N4OS2/c1-2-11-33(12-3-1)55-58-56(36-22-26-42-41-15-6-9-19-50(41)64-53(42)31-36)60-57(59-55)43-16-10-20-52-54(43)45-29-34(23-28-51(45)63-52)35-21-25-40-44-32-37(24-27-48(44)62-49(40)30-35)61-46-17-7-4-13-38(46)39-14-5-8-18-47(39)61/h1-32H. The zero-order valence-electron chi connectivity index (χ0n) is 34.0. The monoisotopic (exact) mass is 852 g/mol. The fraction of sp³-hybridized carbons (Fsp3) is 0. The predicted molar refractivity (Wildman–Crippen MR) is 269 cm³/mol. The maximum Gasteiger partial charge on any atom is 0.164 e. The maximum absolute atomic E-state index is 6.59. The topological polar surface area (TPSA) is 56.7 Å². The van der Waals surface area contributed by atoms with Crippen molar-refractivity contribution in [2.24, 2.45) is 0 Å². The molecule has 0 amide bonds. The number of benzene rings is 9. The summed E-state index contributed by atoms with van der Waals surface area (Å²) in [4.78, 5) is 15.6. The Morgan fingerprint density at radius 2 is 0.969 bits per heavy atom. The first kappa shape index (κ1) is 35.6. The van der Waals surface area contributed by atoms with Gasteiger partial charge in [-0.25, -0.2) is 15.0 Å². The molecular formula is C57H32N4OS2. The molecule has 0 aliphatic heterocycles. The summed E-state index contributed by atoms with van der Waals surface area (Å²) in [5.41, 5.74) is 10.3. The number of hydrogen-bond donors (Lipinski definition) is 0. The largest absolute Gasteiger partial charge is 0.456 e. The number of aromatic nitrogens is 4. The molecule has 0 bridgehead atoms. The summed E-state index contributed by atoms with van der Waals surface area (Å²) in [5.74, 6) is 1.96. The second kappa shape index (κ2) is 13.8. The van der Waals surface area contributed by atoms with Crippen LogP contribution >= 0.6 is 22.7 Å². The van der Waals surface area contributed by atoms with Gasteiger partial charge in [0.25, 0.3) is 0 Å². The van der Waals surface area contributed by atoms with E-state index in [1.165, 1.54) is 56.8 Å². The number of rotatable bonds is 5. The van der Waals surface area contributed by atoms with Crippen LogP contribution in [0.15, 0.2) is 199 Å². The molecule has 0 saturated heterocycles. The average Bonchev–Trinajstić information content (AvgIpc) is 4.12. The molecule has 5 nitrogen and oxygen atoms in total. The Hall–Kier alpha value is -7.97. The third-order valence-electron chi connectivity index (χ3n) is 12.7. The number of thiophene rings is 2. The minimum Gasteiger partial charge on any atom is -0.456 e. The molecule has 7 heteroatoms. The Bertz CT molecular complexity index is 4160. The van der Waals surface area contributed by atoms with Crippen LogP contribution in [0, 0.1) is 0 Å². The molecule has 14 rings (SSSR count). The molecule has 0 aliphatic rings. The highest BCUT2D eigenvalue weighted by atomic mass is 32.1. The first-order valence-electron chi connectivity index (χ1n) is 21.3. The summed E-state index contributed by atoms with van der Waals surface area (Å²) in [6.45, 7) is 0. The van der Waals surface area contributed by atoms with Crippen LogP contribution < -0.4 is 0 Å². The van der Waals surface area contributed by atoms with Gasteiger partial charge in [-0.15, -0.1) is 22.7 Å². The number of furan rings is 1. The zero-order chi connectivity index (χ0) is 41.9. The molecule has 5 heterocycles. The van der Waals surface area contributed by atoms with Crippen LogP contribution in [-0.4, -0.2) is 19.5 Å². The number of hydrogen-bond acceptors (Lipinski definition) is 6. The SMILES string of the molecule is c1ccc(-c2nc(-c3ccc4c(c3)sc3ccccc34)nc(-c3cccc4sc5ccc(-c6ccc7c(c6)oc6ccc(-n8c9ccccc9c9ccccc98)cc67)cc5c34)n2)cc1. The van der Waals surface area contributed by atoms with E-state index >= 15 is 0 Å². The van der Waals surface area contributed by atoms with Gasteiger partial charge in [-0.1, -0.05) is 121 Å². The van der Waals surface area contributed by atoms with Crippen molar-refractivity contribution in [3.63, 3.8) is 0 Å². The molecule has 5 aromatic heterocycles. The van der Waals surface area contributed by atoms with Gasteiger partial charge in [-0.3, -0.25) is 0 Å². The Kier molecular flexibility index (Phi) is 7.66. The van der Waals surface area contributed by atoms with Crippen molar-refractivity contribution in [2.75, 3.05) is 0 Å². The smallest absolute Gasteiger partial charge is 0.164 e. The third-order valence-corrected chi connectivity index (χ3v) is 14.9. The number of fused-ring (bicyclic) bond motifs is 12. The second-order valence-corrected chi connectivity index (χ2v) is 18.5. The highest BCUT2D eigenvalue weighted by Gasteiger charge is 2.20. The van der Waals surface area contributed by atoms with E-state index in [1.54, 1.807) is 22.7 Å². The van der Waals surface area contributed by atoms with Gasteiger partial charge in [0, 0.05) is 84.3 Å². The van der Waals surface area contributed by atoms with E-state index in [2.05, 4.69) is 180 Å².